The van der Waals surface area contributed by atoms with Gasteiger partial charge in [-0.1, -0.05) is 96.7 Å². The quantitative estimate of drug-likeness (QED) is 0.364. The van der Waals surface area contributed by atoms with E-state index in [0.29, 0.717) is 17.7 Å². The van der Waals surface area contributed by atoms with Crippen LogP contribution in [-0.4, -0.2) is 24.9 Å². The second kappa shape index (κ2) is 8.62. The zero-order valence-corrected chi connectivity index (χ0v) is 17.6. The zero-order chi connectivity index (χ0) is 21.0. The van der Waals surface area contributed by atoms with Crippen molar-refractivity contribution in [3.8, 4) is 0 Å². The predicted octanol–water partition coefficient (Wildman–Crippen LogP) is 4.90. The molecule has 5 rings (SSSR count). The van der Waals surface area contributed by atoms with Crippen LogP contribution < -0.4 is 5.56 Å². The third-order valence-corrected chi connectivity index (χ3v) is 5.96. The Labute approximate surface area is 183 Å². The molecule has 152 valence electrons. The van der Waals surface area contributed by atoms with Crippen molar-refractivity contribution in [3.63, 3.8) is 0 Å². The number of aromatic nitrogens is 4. The molecule has 0 aliphatic heterocycles. The normalized spacial score (nSPS) is 11.6. The standard InChI is InChI=1S/C25H20N4OS/c30-23-21-15-7-8-16-22(21)29-24(28(23)18-20-12-5-2-6-13-20)26-27-25(29)31-17-9-14-19-10-3-1-4-11-19/h1-16H,17-18H2. The van der Waals surface area contributed by atoms with Crippen molar-refractivity contribution in [2.75, 3.05) is 5.75 Å². The lowest BCUT2D eigenvalue weighted by Gasteiger charge is -2.11. The van der Waals surface area contributed by atoms with Crippen molar-refractivity contribution in [1.29, 1.82) is 0 Å². The van der Waals surface area contributed by atoms with E-state index < -0.39 is 0 Å². The van der Waals surface area contributed by atoms with Gasteiger partial charge >= 0.3 is 0 Å². The van der Waals surface area contributed by atoms with Crippen molar-refractivity contribution >= 4 is 34.5 Å². The zero-order valence-electron chi connectivity index (χ0n) is 16.8. The van der Waals surface area contributed by atoms with Crippen molar-refractivity contribution in [3.05, 3.63) is 112 Å². The molecule has 3 aromatic carbocycles. The second-order valence-electron chi connectivity index (χ2n) is 7.14. The van der Waals surface area contributed by atoms with Crippen LogP contribution in [0.5, 0.6) is 0 Å². The molecule has 0 bridgehead atoms. The van der Waals surface area contributed by atoms with Crippen LogP contribution in [0, 0.1) is 0 Å². The van der Waals surface area contributed by atoms with Gasteiger partial charge in [-0.05, 0) is 23.3 Å². The first kappa shape index (κ1) is 19.3. The first-order chi connectivity index (χ1) is 15.3. The lowest BCUT2D eigenvalue weighted by atomic mass is 10.2. The Morgan fingerprint density at radius 2 is 1.55 bits per heavy atom. The fourth-order valence-corrected chi connectivity index (χ4v) is 4.36. The molecule has 0 atom stereocenters. The van der Waals surface area contributed by atoms with Crippen LogP contribution >= 0.6 is 11.8 Å². The number of para-hydroxylation sites is 1. The molecule has 2 heterocycles. The van der Waals surface area contributed by atoms with Gasteiger partial charge in [-0.25, -0.2) is 0 Å². The molecule has 0 radical (unpaired) electrons. The molecule has 0 N–H and O–H groups in total. The van der Waals surface area contributed by atoms with Gasteiger partial charge in [0.2, 0.25) is 5.78 Å². The van der Waals surface area contributed by atoms with Crippen LogP contribution in [0.3, 0.4) is 0 Å². The molecule has 0 amide bonds. The van der Waals surface area contributed by atoms with Gasteiger partial charge in [0.1, 0.15) is 0 Å². The summed E-state index contributed by atoms with van der Waals surface area (Å²) in [6.45, 7) is 0.449. The van der Waals surface area contributed by atoms with E-state index in [1.165, 1.54) is 0 Å². The van der Waals surface area contributed by atoms with E-state index in [1.807, 2.05) is 77.2 Å². The third kappa shape index (κ3) is 3.90. The number of thioether (sulfide) groups is 1. The first-order valence-corrected chi connectivity index (χ1v) is 11.0. The summed E-state index contributed by atoms with van der Waals surface area (Å²) in [6, 6.07) is 27.8. The summed E-state index contributed by atoms with van der Waals surface area (Å²) in [6.07, 6.45) is 4.21. The summed E-state index contributed by atoms with van der Waals surface area (Å²) in [5, 5.41) is 10.2. The van der Waals surface area contributed by atoms with Crippen molar-refractivity contribution in [2.45, 2.75) is 11.7 Å². The lowest BCUT2D eigenvalue weighted by molar-refractivity contribution is 0.764. The molecular formula is C25H20N4OS. The van der Waals surface area contributed by atoms with Gasteiger partial charge in [-0.15, -0.1) is 10.2 Å². The van der Waals surface area contributed by atoms with E-state index in [-0.39, 0.29) is 5.56 Å². The van der Waals surface area contributed by atoms with E-state index in [0.717, 1.165) is 27.6 Å². The van der Waals surface area contributed by atoms with Crippen molar-refractivity contribution < 1.29 is 0 Å². The molecule has 0 aliphatic carbocycles. The van der Waals surface area contributed by atoms with E-state index in [4.69, 9.17) is 0 Å². The van der Waals surface area contributed by atoms with Crippen LogP contribution in [0.25, 0.3) is 22.8 Å². The molecule has 0 saturated heterocycles. The Bertz CT molecular complexity index is 1420. The topological polar surface area (TPSA) is 52.2 Å². The third-order valence-electron chi connectivity index (χ3n) is 5.08. The highest BCUT2D eigenvalue weighted by Gasteiger charge is 2.16. The number of benzene rings is 3. The number of rotatable bonds is 6. The molecule has 0 saturated carbocycles. The number of hydrogen-bond acceptors (Lipinski definition) is 4. The molecule has 2 aromatic heterocycles. The van der Waals surface area contributed by atoms with E-state index >= 15 is 0 Å². The molecule has 0 aliphatic rings. The molecule has 0 unspecified atom stereocenters. The average Bonchev–Trinajstić information content (AvgIpc) is 3.25. The van der Waals surface area contributed by atoms with E-state index in [9.17, 15) is 4.79 Å². The minimum atomic E-state index is -0.0557. The van der Waals surface area contributed by atoms with Gasteiger partial charge in [0.15, 0.2) is 5.16 Å². The minimum Gasteiger partial charge on any atom is -0.272 e. The van der Waals surface area contributed by atoms with Gasteiger partial charge in [0.05, 0.1) is 17.4 Å². The SMILES string of the molecule is O=c1c2ccccc2n2c(SCC=Cc3ccccc3)nnc2n1Cc1ccccc1. The van der Waals surface area contributed by atoms with Gasteiger partial charge < -0.3 is 0 Å². The maximum absolute atomic E-state index is 13.2. The maximum Gasteiger partial charge on any atom is 0.263 e. The van der Waals surface area contributed by atoms with Gasteiger partial charge in [0.25, 0.3) is 5.56 Å². The lowest BCUT2D eigenvalue weighted by Crippen LogP contribution is -2.24. The highest BCUT2D eigenvalue weighted by molar-refractivity contribution is 7.99. The molecular weight excluding hydrogens is 404 g/mol. The molecule has 0 fully saturated rings. The highest BCUT2D eigenvalue weighted by atomic mass is 32.2. The summed E-state index contributed by atoms with van der Waals surface area (Å²) < 4.78 is 3.69. The largest absolute Gasteiger partial charge is 0.272 e. The molecule has 31 heavy (non-hydrogen) atoms. The average molecular weight is 425 g/mol. The van der Waals surface area contributed by atoms with Crippen LogP contribution in [0.1, 0.15) is 11.1 Å². The van der Waals surface area contributed by atoms with Gasteiger partial charge in [0, 0.05) is 5.75 Å². The Hall–Kier alpha value is -3.64. The minimum absolute atomic E-state index is 0.0557. The van der Waals surface area contributed by atoms with Crippen molar-refractivity contribution in [1.82, 2.24) is 19.2 Å². The van der Waals surface area contributed by atoms with E-state index in [1.54, 1.807) is 16.3 Å². The van der Waals surface area contributed by atoms with E-state index in [2.05, 4.69) is 34.5 Å². The predicted molar refractivity (Wildman–Crippen MR) is 126 cm³/mol. The number of nitrogens with zero attached hydrogens (tertiary/aromatic N) is 4. The van der Waals surface area contributed by atoms with Crippen molar-refractivity contribution in [2.24, 2.45) is 0 Å². The summed E-state index contributed by atoms with van der Waals surface area (Å²) >= 11 is 1.60. The van der Waals surface area contributed by atoms with Crippen LogP contribution in [-0.2, 0) is 6.54 Å². The van der Waals surface area contributed by atoms with Crippen LogP contribution in [0.2, 0.25) is 0 Å². The van der Waals surface area contributed by atoms with Crippen LogP contribution in [0.4, 0.5) is 0 Å². The molecule has 0 spiro atoms. The monoisotopic (exact) mass is 424 g/mol. The molecule has 6 heteroatoms. The Kier molecular flexibility index (Phi) is 5.37. The van der Waals surface area contributed by atoms with Gasteiger partial charge in [-0.2, -0.15) is 0 Å². The fourth-order valence-electron chi connectivity index (χ4n) is 3.61. The summed E-state index contributed by atoms with van der Waals surface area (Å²) in [5.41, 5.74) is 2.98. The second-order valence-corrected chi connectivity index (χ2v) is 8.12. The number of hydrogen-bond donors (Lipinski definition) is 0. The molecule has 5 aromatic rings. The Balaban J connectivity index is 1.54. The highest BCUT2D eigenvalue weighted by Crippen LogP contribution is 2.22. The fraction of sp³-hybridized carbons (Fsp3) is 0.0800. The Morgan fingerprint density at radius 1 is 0.839 bits per heavy atom. The number of fused-ring (bicyclic) bond motifs is 3. The maximum atomic E-state index is 13.2. The first-order valence-electron chi connectivity index (χ1n) is 10.1. The summed E-state index contributed by atoms with van der Waals surface area (Å²) in [5.74, 6) is 1.31. The summed E-state index contributed by atoms with van der Waals surface area (Å²) in [7, 11) is 0. The van der Waals surface area contributed by atoms with Crippen LogP contribution in [0.15, 0.2) is 101 Å². The van der Waals surface area contributed by atoms with Gasteiger partial charge in [-0.3, -0.25) is 13.8 Å². The Morgan fingerprint density at radius 3 is 2.35 bits per heavy atom. The summed E-state index contributed by atoms with van der Waals surface area (Å²) in [4.78, 5) is 13.2. The smallest absolute Gasteiger partial charge is 0.263 e. The molecule has 5 nitrogen and oxygen atoms in total.